The molecule has 90 valence electrons. The van der Waals surface area contributed by atoms with Crippen LogP contribution in [0.25, 0.3) is 0 Å². The normalized spacial score (nSPS) is 40.5. The monoisotopic (exact) mass is 262 g/mol. The Labute approximate surface area is 102 Å². The predicted octanol–water partition coefficient (Wildman–Crippen LogP) is 0.151. The lowest BCUT2D eigenvalue weighted by atomic mass is 9.91. The van der Waals surface area contributed by atoms with Crippen molar-refractivity contribution in [3.05, 3.63) is 0 Å². The Bertz CT molecular complexity index is 374. The van der Waals surface area contributed by atoms with Gasteiger partial charge in [-0.1, -0.05) is 0 Å². The number of amides is 1. The minimum absolute atomic E-state index is 0.112. The molecule has 0 radical (unpaired) electrons. The van der Waals surface area contributed by atoms with Crippen LogP contribution in [0.5, 0.6) is 0 Å². The fraction of sp³-hybridized carbons (Fsp3) is 0.778. The molecule has 2 heterocycles. The Hall–Kier alpha value is -0.400. The van der Waals surface area contributed by atoms with Gasteiger partial charge in [-0.3, -0.25) is 15.4 Å². The van der Waals surface area contributed by atoms with Crippen molar-refractivity contribution < 1.29 is 14.7 Å². The van der Waals surface area contributed by atoms with Gasteiger partial charge in [0.2, 0.25) is 11.6 Å². The summed E-state index contributed by atoms with van der Waals surface area (Å²) in [4.78, 5) is 24.5. The van der Waals surface area contributed by atoms with Crippen LogP contribution in [0, 0.1) is 0 Å². The number of carbonyl (C=O) groups excluding carboxylic acids is 1. The van der Waals surface area contributed by atoms with E-state index in [0.29, 0.717) is 0 Å². The Morgan fingerprint density at radius 2 is 2.19 bits per heavy atom. The lowest BCUT2D eigenvalue weighted by Gasteiger charge is -2.47. The van der Waals surface area contributed by atoms with E-state index in [1.54, 1.807) is 13.8 Å². The molecule has 3 atom stereocenters. The Morgan fingerprint density at radius 1 is 1.62 bits per heavy atom. The summed E-state index contributed by atoms with van der Waals surface area (Å²) >= 11 is 2.92. The molecule has 2 fully saturated rings. The number of hydrogen-bond acceptors (Lipinski definition) is 5. The summed E-state index contributed by atoms with van der Waals surface area (Å²) < 4.78 is -0.677. The summed E-state index contributed by atoms with van der Waals surface area (Å²) in [6.07, 6.45) is 1.85. The van der Waals surface area contributed by atoms with Gasteiger partial charge in [-0.15, -0.1) is 23.5 Å². The summed E-state index contributed by atoms with van der Waals surface area (Å²) in [5.74, 6) is -1.30. The number of hydrogen-bond donors (Lipinski definition) is 2. The van der Waals surface area contributed by atoms with Gasteiger partial charge >= 0.3 is 5.97 Å². The SMILES string of the molecule is CS[C@@H]1C(=O)N2[C@@H]1SC(C)(C)[C@]2(N)C(=O)O. The first-order chi connectivity index (χ1) is 7.27. The van der Waals surface area contributed by atoms with Gasteiger partial charge in [-0.2, -0.15) is 0 Å². The maximum absolute atomic E-state index is 11.8. The van der Waals surface area contributed by atoms with Crippen LogP contribution in [-0.4, -0.2) is 49.2 Å². The molecule has 0 aromatic carbocycles. The topological polar surface area (TPSA) is 83.6 Å². The molecule has 2 saturated heterocycles. The molecular formula is C9H14N2O3S2. The quantitative estimate of drug-likeness (QED) is 0.689. The third-order valence-corrected chi connectivity index (χ3v) is 6.05. The van der Waals surface area contributed by atoms with E-state index in [4.69, 9.17) is 5.73 Å². The average molecular weight is 262 g/mol. The molecule has 0 aromatic heterocycles. The second-order valence-corrected chi connectivity index (χ2v) is 7.17. The average Bonchev–Trinajstić information content (AvgIpc) is 2.34. The van der Waals surface area contributed by atoms with Gasteiger partial charge in [0.25, 0.3) is 0 Å². The summed E-state index contributed by atoms with van der Waals surface area (Å²) in [5.41, 5.74) is 4.36. The second-order valence-electron chi connectivity index (χ2n) is 4.45. The number of rotatable bonds is 2. The molecule has 1 amide bonds. The van der Waals surface area contributed by atoms with Crippen LogP contribution in [-0.2, 0) is 9.59 Å². The first-order valence-corrected chi connectivity index (χ1v) is 7.00. The Balaban J connectivity index is 2.41. The summed E-state index contributed by atoms with van der Waals surface area (Å²) in [5, 5.41) is 9.00. The van der Waals surface area contributed by atoms with Crippen LogP contribution < -0.4 is 5.73 Å². The van der Waals surface area contributed by atoms with Gasteiger partial charge < -0.3 is 5.11 Å². The Kier molecular flexibility index (Phi) is 2.49. The highest BCUT2D eigenvalue weighted by molar-refractivity contribution is 8.05. The maximum Gasteiger partial charge on any atom is 0.346 e. The van der Waals surface area contributed by atoms with Gasteiger partial charge in [-0.05, 0) is 20.1 Å². The van der Waals surface area contributed by atoms with Crippen molar-refractivity contribution in [2.75, 3.05) is 6.26 Å². The van der Waals surface area contributed by atoms with E-state index in [1.165, 1.54) is 28.4 Å². The molecule has 2 aliphatic rings. The number of thioether (sulfide) groups is 2. The van der Waals surface area contributed by atoms with Gasteiger partial charge in [0.05, 0.1) is 4.75 Å². The van der Waals surface area contributed by atoms with Crippen LogP contribution in [0.15, 0.2) is 0 Å². The summed E-state index contributed by atoms with van der Waals surface area (Å²) in [7, 11) is 0. The molecular weight excluding hydrogens is 248 g/mol. The predicted molar refractivity (Wildman–Crippen MR) is 64.2 cm³/mol. The number of nitrogens with zero attached hydrogens (tertiary/aromatic N) is 1. The number of aliphatic carboxylic acids is 1. The van der Waals surface area contributed by atoms with E-state index in [0.717, 1.165) is 0 Å². The largest absolute Gasteiger partial charge is 0.478 e. The second kappa shape index (κ2) is 3.30. The minimum atomic E-state index is -1.59. The standard InChI is InChI=1S/C9H14N2O3S2/c1-8(2)9(10,7(13)14)11-5(12)4(15-3)6(11)16-8/h4,6H,10H2,1-3H3,(H,13,14)/t4-,6-,9+/m1/s1. The zero-order valence-electron chi connectivity index (χ0n) is 9.26. The molecule has 0 aromatic rings. The van der Waals surface area contributed by atoms with Gasteiger partial charge in [0.15, 0.2) is 0 Å². The lowest BCUT2D eigenvalue weighted by molar-refractivity contribution is -0.167. The van der Waals surface area contributed by atoms with Crippen molar-refractivity contribution >= 4 is 35.4 Å². The van der Waals surface area contributed by atoms with Crippen molar-refractivity contribution in [2.24, 2.45) is 5.73 Å². The molecule has 7 heteroatoms. The number of fused-ring (bicyclic) bond motifs is 1. The molecule has 0 unspecified atom stereocenters. The fourth-order valence-electron chi connectivity index (χ4n) is 2.19. The van der Waals surface area contributed by atoms with E-state index >= 15 is 0 Å². The molecule has 3 N–H and O–H groups in total. The van der Waals surface area contributed by atoms with Crippen LogP contribution in [0.3, 0.4) is 0 Å². The molecule has 2 aliphatic heterocycles. The first-order valence-electron chi connectivity index (χ1n) is 4.83. The zero-order valence-corrected chi connectivity index (χ0v) is 10.9. The number of carboxylic acids is 1. The third-order valence-electron chi connectivity index (χ3n) is 3.29. The van der Waals surface area contributed by atoms with E-state index in [-0.39, 0.29) is 16.5 Å². The maximum atomic E-state index is 11.8. The summed E-state index contributed by atoms with van der Waals surface area (Å²) in [6.45, 7) is 3.55. The minimum Gasteiger partial charge on any atom is -0.478 e. The van der Waals surface area contributed by atoms with E-state index in [1.807, 2.05) is 6.26 Å². The van der Waals surface area contributed by atoms with Crippen molar-refractivity contribution in [2.45, 2.75) is 34.9 Å². The first kappa shape index (κ1) is 12.1. The van der Waals surface area contributed by atoms with Crippen molar-refractivity contribution in [1.82, 2.24) is 4.90 Å². The molecule has 16 heavy (non-hydrogen) atoms. The Morgan fingerprint density at radius 3 is 2.62 bits per heavy atom. The molecule has 0 saturated carbocycles. The molecule has 0 bridgehead atoms. The number of carboxylic acid groups (broad SMARTS) is 1. The smallest absolute Gasteiger partial charge is 0.346 e. The molecule has 2 rings (SSSR count). The van der Waals surface area contributed by atoms with Crippen LogP contribution in [0.4, 0.5) is 0 Å². The van der Waals surface area contributed by atoms with E-state index in [2.05, 4.69) is 0 Å². The zero-order chi connectivity index (χ0) is 12.3. The molecule has 5 nitrogen and oxygen atoms in total. The van der Waals surface area contributed by atoms with Crippen molar-refractivity contribution in [3.8, 4) is 0 Å². The highest BCUT2D eigenvalue weighted by Crippen LogP contribution is 2.56. The van der Waals surface area contributed by atoms with Crippen molar-refractivity contribution in [3.63, 3.8) is 0 Å². The van der Waals surface area contributed by atoms with E-state index in [9.17, 15) is 14.7 Å². The molecule has 0 spiro atoms. The third kappa shape index (κ3) is 1.14. The highest BCUT2D eigenvalue weighted by atomic mass is 32.2. The van der Waals surface area contributed by atoms with Gasteiger partial charge in [0.1, 0.15) is 10.6 Å². The summed E-state index contributed by atoms with van der Waals surface area (Å²) in [6, 6.07) is 0. The van der Waals surface area contributed by atoms with Crippen LogP contribution in [0.2, 0.25) is 0 Å². The fourth-order valence-corrected chi connectivity index (χ4v) is 4.94. The van der Waals surface area contributed by atoms with Crippen LogP contribution >= 0.6 is 23.5 Å². The van der Waals surface area contributed by atoms with E-state index < -0.39 is 16.4 Å². The number of nitrogens with two attached hydrogens (primary N) is 1. The lowest BCUT2D eigenvalue weighted by Crippen LogP contribution is -2.75. The van der Waals surface area contributed by atoms with Gasteiger partial charge in [0, 0.05) is 0 Å². The van der Waals surface area contributed by atoms with Gasteiger partial charge in [-0.25, -0.2) is 4.79 Å². The highest BCUT2D eigenvalue weighted by Gasteiger charge is 2.71. The van der Waals surface area contributed by atoms with Crippen LogP contribution in [0.1, 0.15) is 13.8 Å². The number of carbonyl (C=O) groups is 2. The molecule has 0 aliphatic carbocycles. The van der Waals surface area contributed by atoms with Crippen molar-refractivity contribution in [1.29, 1.82) is 0 Å². The number of β-lactam (4-membered cyclic amide) rings is 1.